The number of aromatic nitrogens is 4. The predicted molar refractivity (Wildman–Crippen MR) is 159 cm³/mol. The number of nitrogens with zero attached hydrogens (tertiary/aromatic N) is 4. The molecule has 4 aromatic rings. The molecule has 0 bridgehead atoms. The Morgan fingerprint density at radius 2 is 1.12 bits per heavy atom. The van der Waals surface area contributed by atoms with Crippen molar-refractivity contribution in [1.29, 1.82) is 0 Å². The second-order valence-corrected chi connectivity index (χ2v) is 10.9. The van der Waals surface area contributed by atoms with Crippen molar-refractivity contribution in [2.75, 3.05) is 14.2 Å². The Balaban J connectivity index is 1.13. The molecule has 2 atom stereocenters. The molecular formula is C34H36N4O4. The molecular weight excluding hydrogens is 528 g/mol. The summed E-state index contributed by atoms with van der Waals surface area (Å²) in [5.74, 6) is 2.23. The van der Waals surface area contributed by atoms with Gasteiger partial charge in [0.1, 0.15) is 23.1 Å². The van der Waals surface area contributed by atoms with E-state index in [0.717, 1.165) is 59.7 Å². The number of hydrogen-bond acceptors (Lipinski definition) is 8. The lowest BCUT2D eigenvalue weighted by atomic mass is 9.78. The van der Waals surface area contributed by atoms with Crippen LogP contribution in [0.4, 0.5) is 0 Å². The molecule has 1 saturated carbocycles. The minimum Gasteiger partial charge on any atom is -0.497 e. The van der Waals surface area contributed by atoms with Crippen molar-refractivity contribution in [2.24, 2.45) is 0 Å². The highest BCUT2D eigenvalue weighted by atomic mass is 16.5. The normalized spacial score (nSPS) is 16.5. The summed E-state index contributed by atoms with van der Waals surface area (Å²) in [5.41, 5.74) is 5.12. The van der Waals surface area contributed by atoms with Gasteiger partial charge in [0.25, 0.3) is 0 Å². The van der Waals surface area contributed by atoms with Crippen LogP contribution in [0.1, 0.15) is 71.4 Å². The molecule has 0 aliphatic heterocycles. The van der Waals surface area contributed by atoms with Gasteiger partial charge in [0.2, 0.25) is 0 Å². The Hall–Kier alpha value is -4.46. The number of benzene rings is 2. The summed E-state index contributed by atoms with van der Waals surface area (Å²) in [6, 6.07) is 23.0. The average Bonchev–Trinajstić information content (AvgIpc) is 3.02. The van der Waals surface area contributed by atoms with E-state index >= 15 is 0 Å². The van der Waals surface area contributed by atoms with Crippen LogP contribution in [0.5, 0.6) is 11.5 Å². The van der Waals surface area contributed by atoms with Crippen LogP contribution in [0.2, 0.25) is 0 Å². The van der Waals surface area contributed by atoms with Gasteiger partial charge >= 0.3 is 0 Å². The van der Waals surface area contributed by atoms with Crippen LogP contribution >= 0.6 is 0 Å². The Morgan fingerprint density at radius 1 is 0.643 bits per heavy atom. The van der Waals surface area contributed by atoms with Gasteiger partial charge in [0.15, 0.2) is 0 Å². The lowest BCUT2D eigenvalue weighted by Gasteiger charge is -2.28. The number of Topliss-reactive ketones (excluding diaryl/α,β-unsaturated/α-hetero) is 2. The van der Waals surface area contributed by atoms with E-state index in [-0.39, 0.29) is 36.2 Å². The van der Waals surface area contributed by atoms with E-state index in [1.807, 2.05) is 72.8 Å². The van der Waals surface area contributed by atoms with Gasteiger partial charge in [-0.1, -0.05) is 30.7 Å². The van der Waals surface area contributed by atoms with Gasteiger partial charge in [-0.15, -0.1) is 0 Å². The minimum atomic E-state index is 0.0899. The minimum absolute atomic E-state index is 0.0899. The number of hydrogen-bond donors (Lipinski definition) is 0. The second kappa shape index (κ2) is 13.9. The van der Waals surface area contributed by atoms with E-state index in [1.54, 1.807) is 14.2 Å². The quantitative estimate of drug-likeness (QED) is 0.224. The second-order valence-electron chi connectivity index (χ2n) is 10.9. The number of ketones is 2. The molecule has 1 fully saturated rings. The van der Waals surface area contributed by atoms with Crippen molar-refractivity contribution in [3.05, 3.63) is 107 Å². The zero-order valence-electron chi connectivity index (χ0n) is 24.2. The van der Waals surface area contributed by atoms with Gasteiger partial charge in [-0.2, -0.15) is 20.4 Å². The lowest BCUT2D eigenvalue weighted by molar-refractivity contribution is -0.118. The monoisotopic (exact) mass is 564 g/mol. The largest absolute Gasteiger partial charge is 0.497 e. The third kappa shape index (κ3) is 7.84. The van der Waals surface area contributed by atoms with E-state index < -0.39 is 0 Å². The molecule has 8 heteroatoms. The first-order valence-corrected chi connectivity index (χ1v) is 14.4. The van der Waals surface area contributed by atoms with Crippen LogP contribution in [-0.2, 0) is 35.3 Å². The third-order valence-electron chi connectivity index (χ3n) is 7.82. The van der Waals surface area contributed by atoms with Crippen molar-refractivity contribution >= 4 is 11.6 Å². The Bertz CT molecular complexity index is 1390. The van der Waals surface area contributed by atoms with Crippen LogP contribution in [0, 0.1) is 0 Å². The predicted octanol–water partition coefficient (Wildman–Crippen LogP) is 5.43. The molecule has 2 heterocycles. The van der Waals surface area contributed by atoms with E-state index in [4.69, 9.17) is 9.47 Å². The molecule has 0 radical (unpaired) electrons. The van der Waals surface area contributed by atoms with E-state index in [2.05, 4.69) is 20.4 Å². The molecule has 42 heavy (non-hydrogen) atoms. The van der Waals surface area contributed by atoms with E-state index in [9.17, 15) is 9.59 Å². The summed E-state index contributed by atoms with van der Waals surface area (Å²) < 4.78 is 10.5. The van der Waals surface area contributed by atoms with E-state index in [0.29, 0.717) is 24.2 Å². The standard InChI is InChI=1S/C34H36N4O4/c1-41-31-10-3-6-23(18-31)16-29(39)21-27-12-14-33(37-35-27)25-8-5-9-26(20-25)34-15-13-28(36-38-34)22-30(40)17-24-7-4-11-32(19-24)42-2/h3-4,6-7,10-15,18-19,25-26H,5,8-9,16-17,20-22H2,1-2H3/t25-,26-/m0/s1. The third-order valence-corrected chi connectivity index (χ3v) is 7.82. The highest BCUT2D eigenvalue weighted by molar-refractivity contribution is 5.83. The maximum atomic E-state index is 12.6. The average molecular weight is 565 g/mol. The lowest BCUT2D eigenvalue weighted by Crippen LogP contribution is -2.17. The molecule has 0 amide bonds. The summed E-state index contributed by atoms with van der Waals surface area (Å²) in [6.45, 7) is 0. The van der Waals surface area contributed by atoms with Crippen LogP contribution in [-0.4, -0.2) is 46.2 Å². The highest BCUT2D eigenvalue weighted by Gasteiger charge is 2.27. The Morgan fingerprint density at radius 3 is 1.52 bits per heavy atom. The Labute approximate surface area is 246 Å². The van der Waals surface area contributed by atoms with Crippen molar-refractivity contribution in [3.8, 4) is 11.5 Å². The number of carbonyl (C=O) groups excluding carboxylic acids is 2. The molecule has 2 aromatic carbocycles. The summed E-state index contributed by atoms with van der Waals surface area (Å²) in [7, 11) is 3.23. The van der Waals surface area contributed by atoms with Crippen LogP contribution in [0.3, 0.4) is 0 Å². The Kier molecular flexibility index (Phi) is 9.64. The maximum absolute atomic E-state index is 12.6. The van der Waals surface area contributed by atoms with Gasteiger partial charge in [-0.25, -0.2) is 0 Å². The molecule has 2 aromatic heterocycles. The van der Waals surface area contributed by atoms with Gasteiger partial charge in [-0.05, 0) is 78.9 Å². The first-order valence-electron chi connectivity index (χ1n) is 14.4. The number of carbonyl (C=O) groups is 2. The molecule has 5 rings (SSSR count). The van der Waals surface area contributed by atoms with Crippen molar-refractivity contribution in [1.82, 2.24) is 20.4 Å². The van der Waals surface area contributed by atoms with Crippen molar-refractivity contribution in [2.45, 2.75) is 63.2 Å². The first-order chi connectivity index (χ1) is 20.5. The fraction of sp³-hybridized carbons (Fsp3) is 0.353. The van der Waals surface area contributed by atoms with Crippen LogP contribution in [0.25, 0.3) is 0 Å². The molecule has 216 valence electrons. The number of ether oxygens (including phenoxy) is 2. The van der Waals surface area contributed by atoms with Crippen molar-refractivity contribution < 1.29 is 19.1 Å². The smallest absolute Gasteiger partial charge is 0.143 e. The topological polar surface area (TPSA) is 104 Å². The SMILES string of the molecule is COc1cccc(CC(=O)Cc2ccc([C@H]3CCC[C@H](c4ccc(CC(=O)Cc5cccc(OC)c5)nn4)C3)nn2)c1. The zero-order valence-corrected chi connectivity index (χ0v) is 24.2. The molecule has 0 saturated heterocycles. The molecule has 8 nitrogen and oxygen atoms in total. The number of methoxy groups -OCH3 is 2. The molecule has 0 unspecified atom stereocenters. The van der Waals surface area contributed by atoms with Crippen LogP contribution in [0.15, 0.2) is 72.8 Å². The molecule has 1 aliphatic carbocycles. The van der Waals surface area contributed by atoms with Gasteiger partial charge in [-0.3, -0.25) is 9.59 Å². The summed E-state index contributed by atoms with van der Waals surface area (Å²) in [6.07, 6.45) is 5.25. The molecule has 1 aliphatic rings. The van der Waals surface area contributed by atoms with E-state index in [1.165, 1.54) is 0 Å². The fourth-order valence-electron chi connectivity index (χ4n) is 5.64. The summed E-state index contributed by atoms with van der Waals surface area (Å²) in [5, 5.41) is 17.8. The van der Waals surface area contributed by atoms with Gasteiger partial charge in [0, 0.05) is 24.7 Å². The summed E-state index contributed by atoms with van der Waals surface area (Å²) >= 11 is 0. The van der Waals surface area contributed by atoms with Crippen LogP contribution < -0.4 is 9.47 Å². The highest BCUT2D eigenvalue weighted by Crippen LogP contribution is 2.39. The van der Waals surface area contributed by atoms with Crippen molar-refractivity contribution in [3.63, 3.8) is 0 Å². The van der Waals surface area contributed by atoms with Gasteiger partial charge < -0.3 is 9.47 Å². The first kappa shape index (κ1) is 29.0. The zero-order chi connectivity index (χ0) is 29.3. The summed E-state index contributed by atoms with van der Waals surface area (Å²) in [4.78, 5) is 25.2. The van der Waals surface area contributed by atoms with Gasteiger partial charge in [0.05, 0.1) is 49.8 Å². The maximum Gasteiger partial charge on any atom is 0.143 e. The molecule has 0 spiro atoms. The number of rotatable bonds is 12. The fourth-order valence-corrected chi connectivity index (χ4v) is 5.64. The molecule has 0 N–H and O–H groups in total.